The summed E-state index contributed by atoms with van der Waals surface area (Å²) in [5.41, 5.74) is 29.0. The van der Waals surface area contributed by atoms with Crippen molar-refractivity contribution in [3.05, 3.63) is 278 Å². The molecule has 5 aromatic carbocycles. The molecule has 0 spiro atoms. The molecular formula is C102H97F8N21O10S. The standard InChI is InChI=1S/C27H25F2N3O4S.3C25H24F2N6O2/c1-17(28)36-21-5-3-4-18(12-21)23-15-32(20-8-6-19(29)7-9-20)25-13-24(30-14-22(23)25)26(33)31-27(2)10-11-37(34,35)16-27;3*1-14(26)35-18-5-2-4-15(8-18)19-13-33(25-30-11-17(27)12-31-25)22-9-16(10-29-23(19)22)24(34)32-21-7-3-6-20(21)28/h3-9,12-15,17H,10-11,16H2,1-2H3,(H,31,33);3*2,4-5,8-14,20-21H,3,6-7,28H2,1H3,(H,32,34)/t17?,27-;2*14?,20-,21+;14?,20-,21-/m0101/s1. The fraction of sp³-hybridized carbons (Fsp3) is 0.275. The summed E-state index contributed by atoms with van der Waals surface area (Å²) in [6.07, 6.45) is 22.1. The molecule has 1 aliphatic heterocycles. The van der Waals surface area contributed by atoms with Crippen LogP contribution in [0.3, 0.4) is 0 Å². The number of pyridine rings is 4. The number of nitrogens with two attached hydrogens (primary N) is 3. The summed E-state index contributed by atoms with van der Waals surface area (Å²) >= 11 is 0. The van der Waals surface area contributed by atoms with Crippen molar-refractivity contribution in [3.8, 4) is 91.0 Å². The average Bonchev–Trinajstić information content (AvgIpc) is 1.62. The van der Waals surface area contributed by atoms with Gasteiger partial charge in [-0.05, 0) is 190 Å². The molecule has 142 heavy (non-hydrogen) atoms. The number of halogens is 8. The number of aromatic nitrogens is 14. The van der Waals surface area contributed by atoms with Gasteiger partial charge >= 0.3 is 0 Å². The van der Waals surface area contributed by atoms with E-state index in [2.05, 4.69) is 71.1 Å². The second kappa shape index (κ2) is 42.2. The van der Waals surface area contributed by atoms with Gasteiger partial charge in [0, 0.05) is 147 Å². The molecule has 4 fully saturated rings. The number of rotatable bonds is 24. The number of sulfone groups is 1. The van der Waals surface area contributed by atoms with Crippen molar-refractivity contribution in [2.24, 2.45) is 17.2 Å². The Balaban J connectivity index is 0.000000130. The van der Waals surface area contributed by atoms with Gasteiger partial charge in [0.05, 0.1) is 110 Å². The molecule has 732 valence electrons. The molecule has 40 heteroatoms. The second-order valence-corrected chi connectivity index (χ2v) is 37.4. The van der Waals surface area contributed by atoms with Crippen LogP contribution in [-0.4, -0.2) is 179 Å². The third kappa shape index (κ3) is 22.8. The molecule has 11 aromatic heterocycles. The first-order valence-corrected chi connectivity index (χ1v) is 47.6. The van der Waals surface area contributed by atoms with E-state index in [1.165, 1.54) is 58.4 Å². The molecule has 16 aromatic rings. The highest BCUT2D eigenvalue weighted by molar-refractivity contribution is 7.91. The maximum Gasteiger partial charge on any atom is 0.270 e. The highest BCUT2D eigenvalue weighted by Crippen LogP contribution is 2.41. The Morgan fingerprint density at radius 3 is 1.03 bits per heavy atom. The summed E-state index contributed by atoms with van der Waals surface area (Å²) in [4.78, 5) is 94.6. The number of benzene rings is 5. The van der Waals surface area contributed by atoms with Crippen molar-refractivity contribution in [2.45, 2.75) is 166 Å². The quantitative estimate of drug-likeness (QED) is 0.0276. The number of hydrogen-bond donors (Lipinski definition) is 7. The largest absolute Gasteiger partial charge is 0.461 e. The van der Waals surface area contributed by atoms with Gasteiger partial charge in [-0.1, -0.05) is 48.5 Å². The fourth-order valence-electron chi connectivity index (χ4n) is 17.8. The van der Waals surface area contributed by atoms with E-state index >= 15 is 0 Å². The molecule has 0 radical (unpaired) electrons. The Kier molecular flexibility index (Phi) is 29.2. The third-order valence-electron chi connectivity index (χ3n) is 24.6. The lowest BCUT2D eigenvalue weighted by molar-refractivity contribution is 0.0856. The zero-order chi connectivity index (χ0) is 100.0. The third-order valence-corrected chi connectivity index (χ3v) is 26.5. The van der Waals surface area contributed by atoms with Crippen molar-refractivity contribution >= 4 is 77.5 Å². The molecule has 10 N–H and O–H groups in total. The summed E-state index contributed by atoms with van der Waals surface area (Å²) in [5.74, 6) is -1.41. The van der Waals surface area contributed by atoms with Crippen molar-refractivity contribution < 1.29 is 81.7 Å². The lowest BCUT2D eigenvalue weighted by atomic mass is 10.0. The number of ether oxygens (including phenoxy) is 4. The van der Waals surface area contributed by atoms with Gasteiger partial charge in [-0.15, -0.1) is 0 Å². The molecule has 3 saturated carbocycles. The van der Waals surface area contributed by atoms with Crippen molar-refractivity contribution in [1.82, 2.24) is 89.4 Å². The predicted molar refractivity (Wildman–Crippen MR) is 516 cm³/mol. The van der Waals surface area contributed by atoms with Gasteiger partial charge in [0.25, 0.3) is 23.6 Å². The van der Waals surface area contributed by atoms with E-state index in [0.29, 0.717) is 112 Å². The minimum atomic E-state index is -3.20. The van der Waals surface area contributed by atoms with Gasteiger partial charge in [0.2, 0.25) is 43.3 Å². The first-order valence-electron chi connectivity index (χ1n) is 45.8. The summed E-state index contributed by atoms with van der Waals surface area (Å²) < 4.78 is 159. The molecule has 0 bridgehead atoms. The number of nitrogens with zero attached hydrogens (tertiary/aromatic N) is 14. The minimum Gasteiger partial charge on any atom is -0.461 e. The van der Waals surface area contributed by atoms with Crippen molar-refractivity contribution in [3.63, 3.8) is 0 Å². The molecule has 3 aliphatic carbocycles. The number of carbonyl (C=O) groups is 4. The molecule has 31 nitrogen and oxygen atoms in total. The molecule has 4 unspecified atom stereocenters. The number of hydrogen-bond acceptors (Lipinski definition) is 23. The van der Waals surface area contributed by atoms with Gasteiger partial charge in [0.15, 0.2) is 27.3 Å². The highest BCUT2D eigenvalue weighted by Gasteiger charge is 2.40. The summed E-state index contributed by atoms with van der Waals surface area (Å²) in [6.45, 7) is 6.91. The Bertz CT molecular complexity index is 6970. The predicted octanol–water partition coefficient (Wildman–Crippen LogP) is 16.6. The first-order chi connectivity index (χ1) is 68.2. The van der Waals surface area contributed by atoms with Gasteiger partial charge < -0.3 is 62.0 Å². The van der Waals surface area contributed by atoms with Crippen LogP contribution < -0.4 is 57.4 Å². The number of alkyl halides is 4. The normalized spacial score (nSPS) is 18.8. The van der Waals surface area contributed by atoms with Gasteiger partial charge in [0.1, 0.15) is 34.5 Å². The van der Waals surface area contributed by atoms with Gasteiger partial charge in [-0.2, -0.15) is 0 Å². The van der Waals surface area contributed by atoms with Crippen LogP contribution in [0.15, 0.2) is 232 Å². The highest BCUT2D eigenvalue weighted by atomic mass is 32.2. The molecule has 12 heterocycles. The lowest BCUT2D eigenvalue weighted by Crippen LogP contribution is -2.47. The van der Waals surface area contributed by atoms with E-state index in [9.17, 15) is 62.7 Å². The van der Waals surface area contributed by atoms with Crippen LogP contribution in [0.2, 0.25) is 0 Å². The molecule has 4 aliphatic rings. The van der Waals surface area contributed by atoms with Crippen LogP contribution >= 0.6 is 0 Å². The van der Waals surface area contributed by atoms with Crippen LogP contribution in [0.4, 0.5) is 35.1 Å². The molecule has 4 amide bonds. The van der Waals surface area contributed by atoms with Crippen LogP contribution in [0, 0.1) is 23.3 Å². The Hall–Kier alpha value is -15.6. The molecular weight excluding hydrogens is 1860 g/mol. The van der Waals surface area contributed by atoms with Crippen LogP contribution in [0.5, 0.6) is 23.0 Å². The number of amides is 4. The van der Waals surface area contributed by atoms with Crippen molar-refractivity contribution in [2.75, 3.05) is 11.5 Å². The Morgan fingerprint density at radius 1 is 0.387 bits per heavy atom. The molecule has 1 saturated heterocycles. The maximum absolute atomic E-state index is 13.6. The number of fused-ring (bicyclic) bond motifs is 4. The zero-order valence-electron chi connectivity index (χ0n) is 77.2. The zero-order valence-corrected chi connectivity index (χ0v) is 78.0. The van der Waals surface area contributed by atoms with E-state index in [1.807, 2.05) is 35.0 Å². The SMILES string of the molecule is CC(F)Oc1cccc(-c2cn(-c3ccc(F)cc3)c3cc(C(=O)N[C@@]4(C)CCS(=O)(=O)C4)ncc23)c1.CC(F)Oc1cccc(-c2cn(-c3ncc(F)cn3)c3cc(C(=O)N[C@@H]4CCC[C@@H]4N)cnc23)c1.CC(F)Oc1cccc(-c2cn(-c3ncc(F)cn3)c3cc(C(=O)N[C@@H]4CCC[C@H]4N)cnc23)c1.CC(F)Oc1cccc(-c2cn(-c3ncc(F)cn3)c3cc(C(=O)N[C@H]4CCC[C@H]4N)cnc23)c1. The molecule has 11 atom stereocenters. The van der Waals surface area contributed by atoms with Crippen molar-refractivity contribution in [1.29, 1.82) is 0 Å². The smallest absolute Gasteiger partial charge is 0.270 e. The second-order valence-electron chi connectivity index (χ2n) is 35.2. The van der Waals surface area contributed by atoms with E-state index in [0.717, 1.165) is 123 Å². The average molecular weight is 1960 g/mol. The van der Waals surface area contributed by atoms with Gasteiger partial charge in [-0.3, -0.25) is 52.8 Å². The minimum absolute atomic E-state index is 0.0248. The monoisotopic (exact) mass is 1960 g/mol. The Labute approximate surface area is 808 Å². The topological polar surface area (TPSA) is 414 Å². The van der Waals surface area contributed by atoms with E-state index in [1.54, 1.807) is 155 Å². The Morgan fingerprint density at radius 2 is 0.718 bits per heavy atom. The number of carbonyl (C=O) groups excluding carboxylic acids is 4. The maximum atomic E-state index is 13.6. The summed E-state index contributed by atoms with van der Waals surface area (Å²) in [6, 6.07) is 40.0. The molecule has 20 rings (SSSR count). The first kappa shape index (κ1) is 98.1. The van der Waals surface area contributed by atoms with E-state index < -0.39 is 64.2 Å². The fourth-order valence-corrected chi connectivity index (χ4v) is 19.9. The van der Waals surface area contributed by atoms with Gasteiger partial charge in [-0.25, -0.2) is 73.4 Å². The van der Waals surface area contributed by atoms with Crippen LogP contribution in [0.25, 0.3) is 112 Å². The summed E-state index contributed by atoms with van der Waals surface area (Å²) in [5, 5.41) is 12.5. The number of nitrogens with one attached hydrogen (secondary N) is 4. The van der Waals surface area contributed by atoms with Crippen LogP contribution in [-0.2, 0) is 9.84 Å². The van der Waals surface area contributed by atoms with E-state index in [-0.39, 0.29) is 94.8 Å². The lowest BCUT2D eigenvalue weighted by Gasteiger charge is -2.23. The van der Waals surface area contributed by atoms with Crippen LogP contribution in [0.1, 0.15) is 140 Å². The van der Waals surface area contributed by atoms with E-state index in [4.69, 9.17) is 36.1 Å². The summed E-state index contributed by atoms with van der Waals surface area (Å²) in [7, 11) is -3.20.